The molecule has 136 valence electrons. The summed E-state index contributed by atoms with van der Waals surface area (Å²) >= 11 is 0. The first kappa shape index (κ1) is 18.5. The molecule has 25 heavy (non-hydrogen) atoms. The summed E-state index contributed by atoms with van der Waals surface area (Å²) in [5.74, 6) is 2.80. The molecule has 1 fully saturated rings. The Morgan fingerprint density at radius 3 is 2.76 bits per heavy atom. The maximum Gasteiger partial charge on any atom is 0.161 e. The van der Waals surface area contributed by atoms with E-state index in [9.17, 15) is 0 Å². The SMILES string of the molecule is COc1ccc(-c2cc(CCCCCC3CCSS3)[nH]n2)cc1OC. The van der Waals surface area contributed by atoms with E-state index in [4.69, 9.17) is 9.47 Å². The Labute approximate surface area is 157 Å². The molecule has 1 aliphatic heterocycles. The van der Waals surface area contributed by atoms with Crippen LogP contribution in [-0.2, 0) is 6.42 Å². The van der Waals surface area contributed by atoms with Gasteiger partial charge in [-0.2, -0.15) is 5.10 Å². The topological polar surface area (TPSA) is 47.1 Å². The van der Waals surface area contributed by atoms with E-state index in [2.05, 4.69) is 27.1 Å². The molecule has 1 aliphatic rings. The lowest BCUT2D eigenvalue weighted by molar-refractivity contribution is 0.355. The van der Waals surface area contributed by atoms with Gasteiger partial charge in [0.15, 0.2) is 11.5 Å². The van der Waals surface area contributed by atoms with E-state index < -0.39 is 0 Å². The molecule has 4 nitrogen and oxygen atoms in total. The van der Waals surface area contributed by atoms with E-state index in [0.29, 0.717) is 0 Å². The second-order valence-corrected chi connectivity index (χ2v) is 9.06. The molecule has 1 aromatic carbocycles. The van der Waals surface area contributed by atoms with Gasteiger partial charge in [-0.1, -0.05) is 34.4 Å². The van der Waals surface area contributed by atoms with Crippen molar-refractivity contribution < 1.29 is 9.47 Å². The first-order valence-electron chi connectivity index (χ1n) is 8.85. The van der Waals surface area contributed by atoms with Crippen molar-refractivity contribution in [2.75, 3.05) is 20.0 Å². The van der Waals surface area contributed by atoms with Crippen LogP contribution in [-0.4, -0.2) is 35.4 Å². The van der Waals surface area contributed by atoms with Crippen molar-refractivity contribution in [3.05, 3.63) is 30.0 Å². The molecule has 0 amide bonds. The number of aromatic nitrogens is 2. The number of H-pyrrole nitrogens is 1. The van der Waals surface area contributed by atoms with Crippen LogP contribution in [0.2, 0.25) is 0 Å². The van der Waals surface area contributed by atoms with Gasteiger partial charge in [0.2, 0.25) is 0 Å². The summed E-state index contributed by atoms with van der Waals surface area (Å²) in [6.07, 6.45) is 7.69. The Hall–Kier alpha value is -1.27. The molecule has 0 bridgehead atoms. The molecule has 1 aromatic heterocycles. The third kappa shape index (κ3) is 5.11. The van der Waals surface area contributed by atoms with Gasteiger partial charge in [-0.25, -0.2) is 0 Å². The summed E-state index contributed by atoms with van der Waals surface area (Å²) in [5, 5.41) is 8.52. The molecule has 0 radical (unpaired) electrons. The van der Waals surface area contributed by atoms with Crippen LogP contribution in [0.4, 0.5) is 0 Å². The second kappa shape index (κ2) is 9.43. The maximum absolute atomic E-state index is 5.37. The van der Waals surface area contributed by atoms with E-state index >= 15 is 0 Å². The molecule has 1 N–H and O–H groups in total. The quantitative estimate of drug-likeness (QED) is 0.471. The molecule has 1 saturated heterocycles. The Kier molecular flexibility index (Phi) is 6.99. The highest BCUT2D eigenvalue weighted by Gasteiger charge is 2.15. The molecule has 6 heteroatoms. The Bertz CT molecular complexity index is 669. The van der Waals surface area contributed by atoms with E-state index in [0.717, 1.165) is 34.4 Å². The van der Waals surface area contributed by atoms with Crippen molar-refractivity contribution in [2.45, 2.75) is 43.8 Å². The third-order valence-electron chi connectivity index (χ3n) is 4.51. The zero-order valence-corrected chi connectivity index (χ0v) is 16.5. The first-order valence-corrected chi connectivity index (χ1v) is 11.2. The Morgan fingerprint density at radius 1 is 1.12 bits per heavy atom. The lowest BCUT2D eigenvalue weighted by atomic mass is 10.1. The zero-order valence-electron chi connectivity index (χ0n) is 14.9. The number of aryl methyl sites for hydroxylation is 1. The molecule has 0 spiro atoms. The van der Waals surface area contributed by atoms with Gasteiger partial charge in [0.05, 0.1) is 19.9 Å². The number of hydrogen-bond acceptors (Lipinski definition) is 5. The minimum Gasteiger partial charge on any atom is -0.493 e. The van der Waals surface area contributed by atoms with Crippen LogP contribution in [0.1, 0.15) is 37.8 Å². The summed E-state index contributed by atoms with van der Waals surface area (Å²) in [4.78, 5) is 0. The van der Waals surface area contributed by atoms with Crippen molar-refractivity contribution in [3.63, 3.8) is 0 Å². The summed E-state index contributed by atoms with van der Waals surface area (Å²) < 4.78 is 10.7. The number of methoxy groups -OCH3 is 2. The minimum atomic E-state index is 0.729. The van der Waals surface area contributed by atoms with Crippen molar-refractivity contribution in [1.82, 2.24) is 10.2 Å². The number of hydrogen-bond donors (Lipinski definition) is 1. The van der Waals surface area contributed by atoms with E-state index in [1.807, 2.05) is 29.0 Å². The van der Waals surface area contributed by atoms with Crippen molar-refractivity contribution >= 4 is 21.6 Å². The predicted octanol–water partition coefficient (Wildman–Crippen LogP) is 5.35. The molecule has 0 saturated carbocycles. The van der Waals surface area contributed by atoms with Gasteiger partial charge in [0.1, 0.15) is 0 Å². The number of ether oxygens (including phenoxy) is 2. The van der Waals surface area contributed by atoms with E-state index in [1.165, 1.54) is 43.6 Å². The molecule has 3 rings (SSSR count). The molecule has 1 unspecified atom stereocenters. The van der Waals surface area contributed by atoms with Gasteiger partial charge >= 0.3 is 0 Å². The summed E-state index contributed by atoms with van der Waals surface area (Å²) in [6.45, 7) is 0. The smallest absolute Gasteiger partial charge is 0.161 e. The van der Waals surface area contributed by atoms with Crippen molar-refractivity contribution in [2.24, 2.45) is 0 Å². The molecule has 2 heterocycles. The lowest BCUT2D eigenvalue weighted by Gasteiger charge is -2.08. The lowest BCUT2D eigenvalue weighted by Crippen LogP contribution is -1.97. The van der Waals surface area contributed by atoms with Crippen LogP contribution >= 0.6 is 21.6 Å². The highest BCUT2D eigenvalue weighted by molar-refractivity contribution is 8.77. The van der Waals surface area contributed by atoms with Crippen molar-refractivity contribution in [3.8, 4) is 22.8 Å². The first-order chi connectivity index (χ1) is 12.3. The predicted molar refractivity (Wildman–Crippen MR) is 108 cm³/mol. The fourth-order valence-electron chi connectivity index (χ4n) is 3.06. The number of nitrogens with zero attached hydrogens (tertiary/aromatic N) is 1. The molecule has 0 aliphatic carbocycles. The average Bonchev–Trinajstić information content (AvgIpc) is 3.32. The minimum absolute atomic E-state index is 0.729. The number of aromatic amines is 1. The second-order valence-electron chi connectivity index (χ2n) is 6.28. The summed E-state index contributed by atoms with van der Waals surface area (Å²) in [5.41, 5.74) is 3.20. The highest BCUT2D eigenvalue weighted by atomic mass is 33.1. The van der Waals surface area contributed by atoms with Gasteiger partial charge < -0.3 is 9.47 Å². The standard InChI is InChI=1S/C19H26N2O2S2/c1-22-18-9-8-14(12-19(18)23-2)17-13-15(20-21-17)6-4-3-5-7-16-10-11-24-25-16/h8-9,12-13,16H,3-7,10-11H2,1-2H3,(H,20,21). The van der Waals surface area contributed by atoms with E-state index in [1.54, 1.807) is 14.2 Å². The van der Waals surface area contributed by atoms with Crippen LogP contribution in [0.25, 0.3) is 11.3 Å². The summed E-state index contributed by atoms with van der Waals surface area (Å²) in [6, 6.07) is 8.04. The van der Waals surface area contributed by atoms with E-state index in [-0.39, 0.29) is 0 Å². The Balaban J connectivity index is 1.48. The van der Waals surface area contributed by atoms with Crippen molar-refractivity contribution in [1.29, 1.82) is 0 Å². The largest absolute Gasteiger partial charge is 0.493 e. The number of unbranched alkanes of at least 4 members (excludes halogenated alkanes) is 2. The van der Waals surface area contributed by atoms with Crippen LogP contribution in [0.3, 0.4) is 0 Å². The monoisotopic (exact) mass is 378 g/mol. The van der Waals surface area contributed by atoms with Crippen LogP contribution in [0.15, 0.2) is 24.3 Å². The van der Waals surface area contributed by atoms with Gasteiger partial charge in [0, 0.05) is 22.3 Å². The Morgan fingerprint density at radius 2 is 2.00 bits per heavy atom. The molecule has 1 atom stereocenters. The molecular weight excluding hydrogens is 352 g/mol. The molecular formula is C19H26N2O2S2. The number of nitrogens with one attached hydrogen (secondary N) is 1. The van der Waals surface area contributed by atoms with Crippen LogP contribution in [0, 0.1) is 0 Å². The summed E-state index contributed by atoms with van der Waals surface area (Å²) in [7, 11) is 7.42. The zero-order chi connectivity index (χ0) is 17.5. The van der Waals surface area contributed by atoms with Gasteiger partial charge in [-0.05, 0) is 49.9 Å². The fraction of sp³-hybridized carbons (Fsp3) is 0.526. The number of benzene rings is 1. The fourth-order valence-corrected chi connectivity index (χ4v) is 6.09. The van der Waals surface area contributed by atoms with Crippen LogP contribution in [0.5, 0.6) is 11.5 Å². The average molecular weight is 379 g/mol. The molecule has 2 aromatic rings. The van der Waals surface area contributed by atoms with Gasteiger partial charge in [0.25, 0.3) is 0 Å². The van der Waals surface area contributed by atoms with Crippen LogP contribution < -0.4 is 9.47 Å². The highest BCUT2D eigenvalue weighted by Crippen LogP contribution is 2.40. The third-order valence-corrected chi connectivity index (χ3v) is 7.52. The van der Waals surface area contributed by atoms with Gasteiger partial charge in [-0.3, -0.25) is 5.10 Å². The normalized spacial score (nSPS) is 17.0. The maximum atomic E-state index is 5.37. The van der Waals surface area contributed by atoms with Gasteiger partial charge in [-0.15, -0.1) is 0 Å². The number of rotatable bonds is 9.